The molecule has 2 heterocycles. The van der Waals surface area contributed by atoms with Crippen LogP contribution >= 0.6 is 12.4 Å². The summed E-state index contributed by atoms with van der Waals surface area (Å²) < 4.78 is 1.84. The van der Waals surface area contributed by atoms with Crippen LogP contribution in [0.3, 0.4) is 0 Å². The molecule has 0 bridgehead atoms. The molecule has 0 saturated carbocycles. The van der Waals surface area contributed by atoms with Crippen molar-refractivity contribution in [3.8, 4) is 6.07 Å². The molecule has 1 aromatic heterocycles. The van der Waals surface area contributed by atoms with E-state index in [1.807, 2.05) is 21.7 Å². The van der Waals surface area contributed by atoms with E-state index in [9.17, 15) is 4.79 Å². The highest BCUT2D eigenvalue weighted by Crippen LogP contribution is 2.11. The summed E-state index contributed by atoms with van der Waals surface area (Å²) in [5, 5.41) is 8.91. The molecule has 0 spiro atoms. The SMILES string of the molecule is Cl.N#Cc1cccn1CCC(N)C(=O)N1CCCCC1. The Kier molecular flexibility index (Phi) is 6.56. The lowest BCUT2D eigenvalue weighted by Gasteiger charge is -2.29. The second kappa shape index (κ2) is 7.93. The number of carbonyl (C=O) groups excluding carboxylic acids is 1. The van der Waals surface area contributed by atoms with Crippen LogP contribution in [0, 0.1) is 11.3 Å². The maximum atomic E-state index is 12.1. The lowest BCUT2D eigenvalue weighted by Crippen LogP contribution is -2.46. The van der Waals surface area contributed by atoms with Crippen LogP contribution < -0.4 is 5.73 Å². The second-order valence-corrected chi connectivity index (χ2v) is 4.98. The van der Waals surface area contributed by atoms with E-state index in [4.69, 9.17) is 11.0 Å². The number of nitriles is 1. The number of aryl methyl sites for hydroxylation is 1. The number of piperidine rings is 1. The average Bonchev–Trinajstić information content (AvgIpc) is 2.92. The molecule has 110 valence electrons. The van der Waals surface area contributed by atoms with Crippen LogP contribution in [-0.4, -0.2) is 34.5 Å². The van der Waals surface area contributed by atoms with Gasteiger partial charge >= 0.3 is 0 Å². The first-order valence-corrected chi connectivity index (χ1v) is 6.82. The van der Waals surface area contributed by atoms with Crippen LogP contribution in [0.1, 0.15) is 31.4 Å². The highest BCUT2D eigenvalue weighted by Gasteiger charge is 2.22. The Morgan fingerprint density at radius 3 is 2.75 bits per heavy atom. The molecule has 0 radical (unpaired) electrons. The van der Waals surface area contributed by atoms with Gasteiger partial charge in [-0.3, -0.25) is 4.79 Å². The van der Waals surface area contributed by atoms with Crippen molar-refractivity contribution < 1.29 is 4.79 Å². The zero-order valence-corrected chi connectivity index (χ0v) is 12.3. The minimum atomic E-state index is -0.466. The van der Waals surface area contributed by atoms with Crippen LogP contribution in [-0.2, 0) is 11.3 Å². The second-order valence-electron chi connectivity index (χ2n) is 4.98. The summed E-state index contributed by atoms with van der Waals surface area (Å²) in [5.41, 5.74) is 6.58. The monoisotopic (exact) mass is 296 g/mol. The maximum Gasteiger partial charge on any atom is 0.239 e. The fourth-order valence-corrected chi connectivity index (χ4v) is 2.46. The van der Waals surface area contributed by atoms with Gasteiger partial charge in [0, 0.05) is 25.8 Å². The maximum absolute atomic E-state index is 12.1. The number of likely N-dealkylation sites (tertiary alicyclic amines) is 1. The predicted octanol–water partition coefficient (Wildman–Crippen LogP) is 1.51. The molecule has 1 atom stereocenters. The highest BCUT2D eigenvalue weighted by atomic mass is 35.5. The van der Waals surface area contributed by atoms with E-state index in [1.165, 1.54) is 6.42 Å². The summed E-state index contributed by atoms with van der Waals surface area (Å²) in [6.45, 7) is 2.27. The van der Waals surface area contributed by atoms with E-state index in [2.05, 4.69) is 6.07 Å². The van der Waals surface area contributed by atoms with Crippen molar-refractivity contribution in [3.05, 3.63) is 24.0 Å². The quantitative estimate of drug-likeness (QED) is 0.915. The third-order valence-corrected chi connectivity index (χ3v) is 3.61. The van der Waals surface area contributed by atoms with Crippen LogP contribution in [0.2, 0.25) is 0 Å². The lowest BCUT2D eigenvalue weighted by atomic mass is 10.1. The Balaban J connectivity index is 0.00000200. The van der Waals surface area contributed by atoms with Crippen molar-refractivity contribution in [1.82, 2.24) is 9.47 Å². The molecule has 1 aliphatic rings. The van der Waals surface area contributed by atoms with Gasteiger partial charge in [0.15, 0.2) is 0 Å². The Morgan fingerprint density at radius 2 is 2.10 bits per heavy atom. The van der Waals surface area contributed by atoms with E-state index >= 15 is 0 Å². The topological polar surface area (TPSA) is 75.0 Å². The van der Waals surface area contributed by atoms with E-state index < -0.39 is 6.04 Å². The fraction of sp³-hybridized carbons (Fsp3) is 0.571. The first-order chi connectivity index (χ1) is 9.22. The van der Waals surface area contributed by atoms with Gasteiger partial charge in [0.1, 0.15) is 11.8 Å². The molecular formula is C14H21ClN4O. The van der Waals surface area contributed by atoms with E-state index in [-0.39, 0.29) is 18.3 Å². The number of halogens is 1. The highest BCUT2D eigenvalue weighted by molar-refractivity contribution is 5.85. The molecular weight excluding hydrogens is 276 g/mol. The van der Waals surface area contributed by atoms with Gasteiger partial charge in [-0.1, -0.05) is 0 Å². The molecule has 6 heteroatoms. The third-order valence-electron chi connectivity index (χ3n) is 3.61. The molecule has 2 rings (SSSR count). The Bertz CT molecular complexity index is 474. The van der Waals surface area contributed by atoms with Crippen LogP contribution in [0.25, 0.3) is 0 Å². The smallest absolute Gasteiger partial charge is 0.239 e. The van der Waals surface area contributed by atoms with Gasteiger partial charge in [-0.05, 0) is 37.8 Å². The number of carbonyl (C=O) groups is 1. The van der Waals surface area contributed by atoms with Crippen molar-refractivity contribution in [2.45, 2.75) is 38.3 Å². The number of nitrogens with zero attached hydrogens (tertiary/aromatic N) is 3. The van der Waals surface area contributed by atoms with Crippen LogP contribution in [0.5, 0.6) is 0 Å². The number of amides is 1. The van der Waals surface area contributed by atoms with E-state index in [1.54, 1.807) is 6.07 Å². The van der Waals surface area contributed by atoms with Crippen LogP contribution in [0.4, 0.5) is 0 Å². The van der Waals surface area contributed by atoms with Crippen molar-refractivity contribution in [2.24, 2.45) is 5.73 Å². The zero-order valence-electron chi connectivity index (χ0n) is 11.5. The Morgan fingerprint density at radius 1 is 1.40 bits per heavy atom. The summed E-state index contributed by atoms with van der Waals surface area (Å²) in [6.07, 6.45) is 5.77. The summed E-state index contributed by atoms with van der Waals surface area (Å²) in [6, 6.07) is 5.24. The fourth-order valence-electron chi connectivity index (χ4n) is 2.46. The summed E-state index contributed by atoms with van der Waals surface area (Å²) >= 11 is 0. The van der Waals surface area contributed by atoms with Gasteiger partial charge in [-0.25, -0.2) is 0 Å². The first kappa shape index (κ1) is 16.5. The van der Waals surface area contributed by atoms with Crippen molar-refractivity contribution >= 4 is 18.3 Å². The number of aromatic nitrogens is 1. The summed E-state index contributed by atoms with van der Waals surface area (Å²) in [5.74, 6) is 0.0466. The largest absolute Gasteiger partial charge is 0.341 e. The normalized spacial score (nSPS) is 16.1. The van der Waals surface area contributed by atoms with Gasteiger partial charge < -0.3 is 15.2 Å². The molecule has 1 aromatic rings. The van der Waals surface area contributed by atoms with E-state index in [0.717, 1.165) is 25.9 Å². The predicted molar refractivity (Wildman–Crippen MR) is 79.4 cm³/mol. The minimum absolute atomic E-state index is 0. The number of hydrogen-bond donors (Lipinski definition) is 1. The van der Waals surface area contributed by atoms with Gasteiger partial charge in [-0.2, -0.15) is 5.26 Å². The summed E-state index contributed by atoms with van der Waals surface area (Å²) in [4.78, 5) is 14.0. The third kappa shape index (κ3) is 3.99. The lowest BCUT2D eigenvalue weighted by molar-refractivity contribution is -0.133. The van der Waals surface area contributed by atoms with Crippen molar-refractivity contribution in [3.63, 3.8) is 0 Å². The number of rotatable bonds is 4. The zero-order chi connectivity index (χ0) is 13.7. The number of nitrogens with two attached hydrogens (primary N) is 1. The van der Waals surface area contributed by atoms with Crippen molar-refractivity contribution in [2.75, 3.05) is 13.1 Å². The molecule has 0 aliphatic carbocycles. The number of hydrogen-bond acceptors (Lipinski definition) is 3. The first-order valence-electron chi connectivity index (χ1n) is 6.82. The molecule has 1 aliphatic heterocycles. The molecule has 20 heavy (non-hydrogen) atoms. The Hall–Kier alpha value is -1.51. The van der Waals surface area contributed by atoms with E-state index in [0.29, 0.717) is 18.7 Å². The molecule has 1 saturated heterocycles. The van der Waals surface area contributed by atoms with Crippen LogP contribution in [0.15, 0.2) is 18.3 Å². The molecule has 1 fully saturated rings. The molecule has 0 aromatic carbocycles. The molecule has 5 nitrogen and oxygen atoms in total. The molecule has 2 N–H and O–H groups in total. The minimum Gasteiger partial charge on any atom is -0.341 e. The van der Waals surface area contributed by atoms with Gasteiger partial charge in [0.05, 0.1) is 6.04 Å². The van der Waals surface area contributed by atoms with Gasteiger partial charge in [-0.15, -0.1) is 12.4 Å². The molecule has 1 unspecified atom stereocenters. The average molecular weight is 297 g/mol. The van der Waals surface area contributed by atoms with Gasteiger partial charge in [0.25, 0.3) is 0 Å². The molecule has 1 amide bonds. The van der Waals surface area contributed by atoms with Gasteiger partial charge in [0.2, 0.25) is 5.91 Å². The van der Waals surface area contributed by atoms with Crippen molar-refractivity contribution in [1.29, 1.82) is 5.26 Å². The Labute approximate surface area is 125 Å². The standard InChI is InChI=1S/C14H20N4O.ClH/c15-11-12-5-4-9-17(12)10-6-13(16)14(19)18-7-2-1-3-8-18;/h4-5,9,13H,1-3,6-8,10,16H2;1H. The summed E-state index contributed by atoms with van der Waals surface area (Å²) in [7, 11) is 0.